The minimum absolute atomic E-state index is 0.139. The molecular formula is C30H22Cl2N8. The van der Waals surface area contributed by atoms with Crippen LogP contribution in [0.5, 0.6) is 0 Å². The zero-order valence-corrected chi connectivity index (χ0v) is 22.5. The van der Waals surface area contributed by atoms with Crippen LogP contribution in [0.1, 0.15) is 0 Å². The van der Waals surface area contributed by atoms with E-state index >= 15 is 0 Å². The molecule has 2 heterocycles. The standard InChI is InChI=1S/2C15H11ClN4/c2*16-12-9-5-4-8-11(12)14-13(18-15(17)20-19-14)10-6-2-1-3-7-10/h2*1-9H,(H2,17,18,20). The van der Waals surface area contributed by atoms with Gasteiger partial charge in [-0.1, -0.05) is 120 Å². The van der Waals surface area contributed by atoms with Crippen molar-refractivity contribution in [1.29, 1.82) is 0 Å². The van der Waals surface area contributed by atoms with Crippen molar-refractivity contribution in [2.45, 2.75) is 0 Å². The van der Waals surface area contributed by atoms with E-state index in [4.69, 9.17) is 34.7 Å². The summed E-state index contributed by atoms with van der Waals surface area (Å²) in [6, 6.07) is 34.3. The van der Waals surface area contributed by atoms with Crippen LogP contribution < -0.4 is 11.5 Å². The summed E-state index contributed by atoms with van der Waals surface area (Å²) in [5.74, 6) is 0.277. The molecule has 0 unspecified atom stereocenters. The molecule has 0 bridgehead atoms. The van der Waals surface area contributed by atoms with Gasteiger partial charge in [0, 0.05) is 22.3 Å². The largest absolute Gasteiger partial charge is 0.366 e. The average Bonchev–Trinajstić information content (AvgIpc) is 2.99. The third-order valence-corrected chi connectivity index (χ3v) is 6.42. The Kier molecular flexibility index (Phi) is 8.20. The van der Waals surface area contributed by atoms with E-state index in [9.17, 15) is 0 Å². The Bertz CT molecular complexity index is 1620. The number of aromatic nitrogens is 6. The summed E-state index contributed by atoms with van der Waals surface area (Å²) >= 11 is 12.5. The molecule has 6 aromatic rings. The smallest absolute Gasteiger partial charge is 0.240 e. The van der Waals surface area contributed by atoms with Crippen molar-refractivity contribution in [1.82, 2.24) is 30.4 Å². The second kappa shape index (κ2) is 12.3. The van der Waals surface area contributed by atoms with Gasteiger partial charge in [-0.25, -0.2) is 9.97 Å². The summed E-state index contributed by atoms with van der Waals surface area (Å²) in [5, 5.41) is 17.2. The van der Waals surface area contributed by atoms with E-state index in [-0.39, 0.29) is 11.9 Å². The fourth-order valence-corrected chi connectivity index (χ4v) is 4.39. The van der Waals surface area contributed by atoms with E-state index in [2.05, 4.69) is 30.4 Å². The van der Waals surface area contributed by atoms with Gasteiger partial charge in [0.15, 0.2) is 0 Å². The van der Waals surface area contributed by atoms with Crippen LogP contribution in [-0.4, -0.2) is 30.4 Å². The number of halogens is 2. The molecule has 0 saturated heterocycles. The molecule has 0 aliphatic carbocycles. The monoisotopic (exact) mass is 564 g/mol. The molecule has 4 aromatic carbocycles. The Morgan fingerprint density at radius 3 is 1.12 bits per heavy atom. The molecule has 6 rings (SSSR count). The maximum Gasteiger partial charge on any atom is 0.240 e. The fraction of sp³-hybridized carbons (Fsp3) is 0. The first-order valence-corrected chi connectivity index (χ1v) is 12.9. The molecule has 0 spiro atoms. The highest BCUT2D eigenvalue weighted by atomic mass is 35.5. The highest BCUT2D eigenvalue weighted by Gasteiger charge is 2.16. The third-order valence-electron chi connectivity index (χ3n) is 5.76. The zero-order chi connectivity index (χ0) is 27.9. The van der Waals surface area contributed by atoms with Crippen molar-refractivity contribution in [3.05, 3.63) is 119 Å². The summed E-state index contributed by atoms with van der Waals surface area (Å²) in [6.45, 7) is 0. The van der Waals surface area contributed by atoms with Crippen LogP contribution in [0.15, 0.2) is 109 Å². The summed E-state index contributed by atoms with van der Waals surface area (Å²) in [5.41, 5.74) is 17.3. The van der Waals surface area contributed by atoms with Crippen LogP contribution in [0.2, 0.25) is 10.0 Å². The number of nitrogens with two attached hydrogens (primary N) is 2. The van der Waals surface area contributed by atoms with E-state index in [0.717, 1.165) is 22.3 Å². The Hall–Kier alpha value is -4.92. The molecule has 2 aromatic heterocycles. The molecule has 0 radical (unpaired) electrons. The maximum absolute atomic E-state index is 6.23. The first kappa shape index (κ1) is 26.7. The molecule has 0 amide bonds. The SMILES string of the molecule is Nc1nnc(-c2ccccc2Cl)c(-c2ccccc2)n1.Nc1nnc(-c2ccccc2Cl)c(-c2ccccc2)n1. The van der Waals surface area contributed by atoms with Gasteiger partial charge in [0.2, 0.25) is 11.9 Å². The van der Waals surface area contributed by atoms with Crippen molar-refractivity contribution in [2.75, 3.05) is 11.5 Å². The zero-order valence-electron chi connectivity index (χ0n) is 21.0. The van der Waals surface area contributed by atoms with Gasteiger partial charge in [-0.05, 0) is 12.1 Å². The van der Waals surface area contributed by atoms with Crippen molar-refractivity contribution < 1.29 is 0 Å². The predicted octanol–water partition coefficient (Wildman–Crippen LogP) is 6.88. The molecule has 0 aliphatic heterocycles. The maximum atomic E-state index is 6.23. The number of nitrogen functional groups attached to an aromatic ring is 2. The molecule has 10 heteroatoms. The number of rotatable bonds is 4. The fourth-order valence-electron chi connectivity index (χ4n) is 3.94. The highest BCUT2D eigenvalue weighted by Crippen LogP contribution is 2.34. The number of anilines is 2. The summed E-state index contributed by atoms with van der Waals surface area (Å²) in [6.07, 6.45) is 0. The Morgan fingerprint density at radius 2 is 0.750 bits per heavy atom. The van der Waals surface area contributed by atoms with Gasteiger partial charge in [0.05, 0.1) is 10.0 Å². The van der Waals surface area contributed by atoms with Crippen molar-refractivity contribution in [3.8, 4) is 45.0 Å². The lowest BCUT2D eigenvalue weighted by molar-refractivity contribution is 0.997. The van der Waals surface area contributed by atoms with Crippen LogP contribution in [-0.2, 0) is 0 Å². The summed E-state index contributed by atoms with van der Waals surface area (Å²) < 4.78 is 0. The second-order valence-electron chi connectivity index (χ2n) is 8.43. The molecule has 0 fully saturated rings. The third kappa shape index (κ3) is 6.04. The Labute approximate surface area is 240 Å². The summed E-state index contributed by atoms with van der Waals surface area (Å²) in [7, 11) is 0. The van der Waals surface area contributed by atoms with Crippen molar-refractivity contribution in [2.24, 2.45) is 0 Å². The molecule has 40 heavy (non-hydrogen) atoms. The molecule has 0 saturated carbocycles. The highest BCUT2D eigenvalue weighted by molar-refractivity contribution is 6.33. The van der Waals surface area contributed by atoms with E-state index in [1.807, 2.05) is 109 Å². The number of hydrogen-bond donors (Lipinski definition) is 2. The van der Waals surface area contributed by atoms with Crippen LogP contribution in [0.3, 0.4) is 0 Å². The minimum Gasteiger partial charge on any atom is -0.366 e. The minimum atomic E-state index is 0.139. The van der Waals surface area contributed by atoms with Gasteiger partial charge in [-0.3, -0.25) is 0 Å². The van der Waals surface area contributed by atoms with Gasteiger partial charge < -0.3 is 11.5 Å². The van der Waals surface area contributed by atoms with Crippen molar-refractivity contribution >= 4 is 35.1 Å². The van der Waals surface area contributed by atoms with E-state index in [0.29, 0.717) is 32.8 Å². The van der Waals surface area contributed by atoms with E-state index in [1.54, 1.807) is 0 Å². The topological polar surface area (TPSA) is 129 Å². The van der Waals surface area contributed by atoms with Gasteiger partial charge in [-0.15, -0.1) is 20.4 Å². The van der Waals surface area contributed by atoms with Gasteiger partial charge >= 0.3 is 0 Å². The molecule has 4 N–H and O–H groups in total. The molecule has 8 nitrogen and oxygen atoms in total. The van der Waals surface area contributed by atoms with Gasteiger partial charge in [0.25, 0.3) is 0 Å². The average molecular weight is 565 g/mol. The van der Waals surface area contributed by atoms with E-state index in [1.165, 1.54) is 0 Å². The van der Waals surface area contributed by atoms with Crippen LogP contribution >= 0.6 is 23.2 Å². The van der Waals surface area contributed by atoms with Crippen molar-refractivity contribution in [3.63, 3.8) is 0 Å². The molecule has 0 aliphatic rings. The predicted molar refractivity (Wildman–Crippen MR) is 160 cm³/mol. The first-order chi connectivity index (χ1) is 19.5. The van der Waals surface area contributed by atoms with Crippen LogP contribution in [0.4, 0.5) is 11.9 Å². The quantitative estimate of drug-likeness (QED) is 0.237. The first-order valence-electron chi connectivity index (χ1n) is 12.1. The Balaban J connectivity index is 0.000000161. The van der Waals surface area contributed by atoms with Crippen LogP contribution in [0.25, 0.3) is 45.0 Å². The molecular weight excluding hydrogens is 543 g/mol. The molecule has 196 valence electrons. The molecule has 0 atom stereocenters. The van der Waals surface area contributed by atoms with Crippen LogP contribution in [0, 0.1) is 0 Å². The van der Waals surface area contributed by atoms with Gasteiger partial charge in [0.1, 0.15) is 22.8 Å². The lowest BCUT2D eigenvalue weighted by Gasteiger charge is -2.09. The Morgan fingerprint density at radius 1 is 0.400 bits per heavy atom. The number of nitrogens with zero attached hydrogens (tertiary/aromatic N) is 6. The van der Waals surface area contributed by atoms with E-state index < -0.39 is 0 Å². The number of hydrogen-bond acceptors (Lipinski definition) is 8. The van der Waals surface area contributed by atoms with Gasteiger partial charge in [-0.2, -0.15) is 0 Å². The summed E-state index contributed by atoms with van der Waals surface area (Å²) in [4.78, 5) is 8.61. The lowest BCUT2D eigenvalue weighted by Crippen LogP contribution is -2.02. The number of benzene rings is 4. The lowest BCUT2D eigenvalue weighted by atomic mass is 10.0. The normalized spacial score (nSPS) is 10.4. The second-order valence-corrected chi connectivity index (χ2v) is 9.24.